The maximum Gasteiger partial charge on any atom is 0.261 e. The molecule has 0 aliphatic carbocycles. The van der Waals surface area contributed by atoms with Crippen LogP contribution in [0.2, 0.25) is 5.02 Å². The minimum absolute atomic E-state index is 0.0497. The molecule has 4 rings (SSSR count). The number of anilines is 2. The number of halogens is 1. The van der Waals surface area contributed by atoms with Crippen molar-refractivity contribution in [3.05, 3.63) is 40.9 Å². The Hall–Kier alpha value is -2.45. The first kappa shape index (κ1) is 16.0. The summed E-state index contributed by atoms with van der Waals surface area (Å²) in [5, 5.41) is 2.86. The highest BCUT2D eigenvalue weighted by Crippen LogP contribution is 2.39. The predicted octanol–water partition coefficient (Wildman–Crippen LogP) is 2.41. The first-order valence-electron chi connectivity index (χ1n) is 7.47. The van der Waals surface area contributed by atoms with Crippen LogP contribution in [0.15, 0.2) is 35.2 Å². The molecule has 1 amide bonds. The Kier molecular flexibility index (Phi) is 3.73. The Bertz CT molecular complexity index is 990. The number of hydrogen-bond donors (Lipinski definition) is 2. The summed E-state index contributed by atoms with van der Waals surface area (Å²) in [7, 11) is -3.87. The van der Waals surface area contributed by atoms with E-state index in [0.717, 1.165) is 0 Å². The monoisotopic (exact) mass is 380 g/mol. The van der Waals surface area contributed by atoms with Crippen molar-refractivity contribution in [1.82, 2.24) is 0 Å². The number of ether oxygens (including phenoxy) is 2. The summed E-state index contributed by atoms with van der Waals surface area (Å²) in [6, 6.07) is 7.48. The van der Waals surface area contributed by atoms with Crippen molar-refractivity contribution < 1.29 is 22.7 Å². The van der Waals surface area contributed by atoms with Gasteiger partial charge in [0, 0.05) is 17.8 Å². The molecule has 0 unspecified atom stereocenters. The molecule has 0 aromatic heterocycles. The number of benzene rings is 2. The maximum atomic E-state index is 12.7. The molecule has 2 N–H and O–H groups in total. The SMILES string of the molecule is O=C1Cc2cc(S(=O)(=O)Nc3cc4c(cc3Cl)OCCO4)ccc2N1. The van der Waals surface area contributed by atoms with Gasteiger partial charge >= 0.3 is 0 Å². The topological polar surface area (TPSA) is 93.7 Å². The van der Waals surface area contributed by atoms with Crippen LogP contribution in [0.1, 0.15) is 5.56 Å². The molecule has 0 atom stereocenters. The summed E-state index contributed by atoms with van der Waals surface area (Å²) < 4.78 is 38.6. The smallest absolute Gasteiger partial charge is 0.261 e. The van der Waals surface area contributed by atoms with Gasteiger partial charge in [0.15, 0.2) is 11.5 Å². The second-order valence-electron chi connectivity index (χ2n) is 5.63. The Labute approximate surface area is 148 Å². The molecule has 9 heteroatoms. The second kappa shape index (κ2) is 5.82. The van der Waals surface area contributed by atoms with Crippen LogP contribution in [-0.4, -0.2) is 27.5 Å². The number of hydrogen-bond acceptors (Lipinski definition) is 5. The molecule has 2 heterocycles. The van der Waals surface area contributed by atoms with Gasteiger partial charge in [0.1, 0.15) is 13.2 Å². The fourth-order valence-electron chi connectivity index (χ4n) is 2.72. The average molecular weight is 381 g/mol. The van der Waals surface area contributed by atoms with Crippen LogP contribution in [0, 0.1) is 0 Å². The van der Waals surface area contributed by atoms with E-state index in [0.29, 0.717) is 36.0 Å². The van der Waals surface area contributed by atoms with E-state index in [-0.39, 0.29) is 27.9 Å². The zero-order valence-corrected chi connectivity index (χ0v) is 14.4. The van der Waals surface area contributed by atoms with Crippen LogP contribution in [0.25, 0.3) is 0 Å². The van der Waals surface area contributed by atoms with Gasteiger partial charge in [-0.25, -0.2) is 8.42 Å². The van der Waals surface area contributed by atoms with E-state index in [1.807, 2.05) is 0 Å². The molecule has 2 aromatic rings. The van der Waals surface area contributed by atoms with E-state index in [1.54, 1.807) is 6.07 Å². The fraction of sp³-hybridized carbons (Fsp3) is 0.188. The van der Waals surface area contributed by atoms with Gasteiger partial charge in [-0.15, -0.1) is 0 Å². The lowest BCUT2D eigenvalue weighted by Crippen LogP contribution is -2.17. The summed E-state index contributed by atoms with van der Waals surface area (Å²) in [5.74, 6) is 0.741. The van der Waals surface area contributed by atoms with Gasteiger partial charge in [0.05, 0.1) is 22.0 Å². The van der Waals surface area contributed by atoms with Gasteiger partial charge in [-0.05, 0) is 23.8 Å². The number of fused-ring (bicyclic) bond motifs is 2. The lowest BCUT2D eigenvalue weighted by molar-refractivity contribution is -0.115. The normalized spacial score (nSPS) is 15.5. The highest BCUT2D eigenvalue weighted by molar-refractivity contribution is 7.92. The molecular formula is C16H13ClN2O5S. The average Bonchev–Trinajstić information content (AvgIpc) is 2.94. The van der Waals surface area contributed by atoms with Crippen LogP contribution in [0.5, 0.6) is 11.5 Å². The van der Waals surface area contributed by atoms with Crippen LogP contribution in [-0.2, 0) is 21.2 Å². The molecule has 0 saturated heterocycles. The largest absolute Gasteiger partial charge is 0.486 e. The minimum atomic E-state index is -3.87. The van der Waals surface area contributed by atoms with E-state index in [2.05, 4.69) is 10.0 Å². The lowest BCUT2D eigenvalue weighted by Gasteiger charge is -2.20. The van der Waals surface area contributed by atoms with Crippen LogP contribution in [0.3, 0.4) is 0 Å². The summed E-state index contributed by atoms with van der Waals surface area (Å²) in [4.78, 5) is 11.5. The molecule has 2 aliphatic heterocycles. The van der Waals surface area contributed by atoms with Crippen molar-refractivity contribution in [2.75, 3.05) is 23.3 Å². The summed E-state index contributed by atoms with van der Waals surface area (Å²) in [5.41, 5.74) is 1.46. The molecular weight excluding hydrogens is 368 g/mol. The lowest BCUT2D eigenvalue weighted by atomic mass is 10.2. The number of rotatable bonds is 3. The molecule has 7 nitrogen and oxygen atoms in total. The van der Waals surface area contributed by atoms with E-state index < -0.39 is 10.0 Å². The quantitative estimate of drug-likeness (QED) is 0.852. The molecule has 0 spiro atoms. The van der Waals surface area contributed by atoms with E-state index in [9.17, 15) is 13.2 Å². The van der Waals surface area contributed by atoms with Crippen LogP contribution >= 0.6 is 11.6 Å². The number of carbonyl (C=O) groups is 1. The van der Waals surface area contributed by atoms with Gasteiger partial charge in [0.2, 0.25) is 5.91 Å². The van der Waals surface area contributed by atoms with Crippen LogP contribution in [0.4, 0.5) is 11.4 Å². The van der Waals surface area contributed by atoms with Gasteiger partial charge < -0.3 is 14.8 Å². The standard InChI is InChI=1S/C16H13ClN2O5S/c17-11-7-14-15(24-4-3-23-14)8-13(11)19-25(21,22)10-1-2-12-9(5-10)6-16(20)18-12/h1-2,5,7-8,19H,3-4,6H2,(H,18,20). The Balaban J connectivity index is 1.66. The first-order chi connectivity index (χ1) is 11.9. The third kappa shape index (κ3) is 2.98. The van der Waals surface area contributed by atoms with Gasteiger partial charge in [-0.3, -0.25) is 9.52 Å². The van der Waals surface area contributed by atoms with Gasteiger partial charge in [-0.1, -0.05) is 11.6 Å². The van der Waals surface area contributed by atoms with E-state index in [4.69, 9.17) is 21.1 Å². The van der Waals surface area contributed by atoms with Crippen molar-refractivity contribution in [3.63, 3.8) is 0 Å². The maximum absolute atomic E-state index is 12.7. The highest BCUT2D eigenvalue weighted by Gasteiger charge is 2.23. The molecule has 2 aromatic carbocycles. The molecule has 0 bridgehead atoms. The zero-order valence-electron chi connectivity index (χ0n) is 12.8. The van der Waals surface area contributed by atoms with Crippen molar-refractivity contribution in [2.45, 2.75) is 11.3 Å². The van der Waals surface area contributed by atoms with Crippen molar-refractivity contribution in [3.8, 4) is 11.5 Å². The van der Waals surface area contributed by atoms with E-state index in [1.165, 1.54) is 24.3 Å². The zero-order chi connectivity index (χ0) is 17.6. The second-order valence-corrected chi connectivity index (χ2v) is 7.71. The third-order valence-corrected chi connectivity index (χ3v) is 5.56. The number of sulfonamides is 1. The summed E-state index contributed by atoms with van der Waals surface area (Å²) >= 11 is 6.15. The van der Waals surface area contributed by atoms with E-state index >= 15 is 0 Å². The van der Waals surface area contributed by atoms with Gasteiger partial charge in [0.25, 0.3) is 10.0 Å². The predicted molar refractivity (Wildman–Crippen MR) is 92.0 cm³/mol. The number of carbonyl (C=O) groups excluding carboxylic acids is 1. The van der Waals surface area contributed by atoms with Crippen molar-refractivity contribution >= 4 is 38.9 Å². The number of nitrogens with one attached hydrogen (secondary N) is 2. The third-order valence-electron chi connectivity index (χ3n) is 3.89. The Morgan fingerprint density at radius 2 is 1.80 bits per heavy atom. The molecule has 0 saturated carbocycles. The molecule has 130 valence electrons. The van der Waals surface area contributed by atoms with Crippen molar-refractivity contribution in [2.24, 2.45) is 0 Å². The minimum Gasteiger partial charge on any atom is -0.486 e. The highest BCUT2D eigenvalue weighted by atomic mass is 35.5. The van der Waals surface area contributed by atoms with Crippen LogP contribution < -0.4 is 19.5 Å². The fourth-order valence-corrected chi connectivity index (χ4v) is 4.10. The molecule has 25 heavy (non-hydrogen) atoms. The Morgan fingerprint density at radius 1 is 1.08 bits per heavy atom. The first-order valence-corrected chi connectivity index (χ1v) is 9.33. The molecule has 0 radical (unpaired) electrons. The summed E-state index contributed by atoms with van der Waals surface area (Å²) in [6.07, 6.45) is 0.156. The van der Waals surface area contributed by atoms with Crippen molar-refractivity contribution in [1.29, 1.82) is 0 Å². The molecule has 0 fully saturated rings. The Morgan fingerprint density at radius 3 is 2.56 bits per heavy atom. The van der Waals surface area contributed by atoms with Gasteiger partial charge in [-0.2, -0.15) is 0 Å². The summed E-state index contributed by atoms with van der Waals surface area (Å²) in [6.45, 7) is 0.795. The molecule has 2 aliphatic rings. The number of amides is 1.